The van der Waals surface area contributed by atoms with E-state index in [4.69, 9.17) is 0 Å². The van der Waals surface area contributed by atoms with Gasteiger partial charge in [0.1, 0.15) is 11.6 Å². The summed E-state index contributed by atoms with van der Waals surface area (Å²) >= 11 is 0. The van der Waals surface area contributed by atoms with Gasteiger partial charge in [0.15, 0.2) is 0 Å². The lowest BCUT2D eigenvalue weighted by molar-refractivity contribution is 0.472. The van der Waals surface area contributed by atoms with Gasteiger partial charge in [-0.05, 0) is 37.1 Å². The Hall–Kier alpha value is -1.81. The lowest BCUT2D eigenvalue weighted by Crippen LogP contribution is -2.22. The molecule has 3 N–H and O–H groups in total. The van der Waals surface area contributed by atoms with Crippen LogP contribution in [0.5, 0.6) is 5.75 Å². The van der Waals surface area contributed by atoms with Gasteiger partial charge >= 0.3 is 0 Å². The highest BCUT2D eigenvalue weighted by atomic mass is 16.3. The monoisotopic (exact) mass is 259 g/mol. The molecule has 2 aromatic rings. The molecule has 1 aromatic heterocycles. The van der Waals surface area contributed by atoms with Crippen molar-refractivity contribution >= 4 is 0 Å². The van der Waals surface area contributed by atoms with Crippen molar-refractivity contribution in [1.82, 2.24) is 15.3 Å². The average molecular weight is 259 g/mol. The molecule has 0 saturated heterocycles. The Balaban J connectivity index is 1.77. The van der Waals surface area contributed by atoms with Crippen molar-refractivity contribution in [3.8, 4) is 5.75 Å². The zero-order valence-corrected chi connectivity index (χ0v) is 11.3. The first-order valence-corrected chi connectivity index (χ1v) is 6.80. The number of benzene rings is 1. The van der Waals surface area contributed by atoms with Gasteiger partial charge in [0, 0.05) is 24.9 Å². The summed E-state index contributed by atoms with van der Waals surface area (Å²) in [7, 11) is 0. The van der Waals surface area contributed by atoms with Crippen LogP contribution >= 0.6 is 0 Å². The number of aryl methyl sites for hydroxylation is 1. The van der Waals surface area contributed by atoms with Crippen LogP contribution in [0.2, 0.25) is 0 Å². The highest BCUT2D eigenvalue weighted by Crippen LogP contribution is 2.19. The Morgan fingerprint density at radius 1 is 1.32 bits per heavy atom. The molecule has 1 atom stereocenters. The summed E-state index contributed by atoms with van der Waals surface area (Å²) in [4.78, 5) is 7.32. The smallest absolute Gasteiger partial charge is 0.115 e. The fourth-order valence-corrected chi connectivity index (χ4v) is 2.17. The minimum absolute atomic E-state index is 0.316. The molecule has 1 heterocycles. The molecule has 0 fully saturated rings. The normalized spacial score (nSPS) is 12.5. The number of aromatic amines is 1. The van der Waals surface area contributed by atoms with E-state index >= 15 is 0 Å². The third kappa shape index (κ3) is 4.10. The molecule has 0 aliphatic heterocycles. The van der Waals surface area contributed by atoms with Crippen molar-refractivity contribution in [2.45, 2.75) is 32.2 Å². The second-order valence-corrected chi connectivity index (χ2v) is 4.65. The maximum Gasteiger partial charge on any atom is 0.115 e. The summed E-state index contributed by atoms with van der Waals surface area (Å²) in [6, 6.07) is 7.77. The molecule has 2 rings (SSSR count). The van der Waals surface area contributed by atoms with Crippen LogP contribution < -0.4 is 5.32 Å². The molecule has 1 unspecified atom stereocenters. The molecule has 0 aliphatic rings. The third-order valence-corrected chi connectivity index (χ3v) is 3.24. The second kappa shape index (κ2) is 6.95. The number of nitrogens with one attached hydrogen (secondary N) is 2. The molecule has 102 valence electrons. The maximum atomic E-state index is 9.30. The zero-order valence-electron chi connectivity index (χ0n) is 11.3. The summed E-state index contributed by atoms with van der Waals surface area (Å²) < 4.78 is 0. The van der Waals surface area contributed by atoms with Gasteiger partial charge in [0.05, 0.1) is 0 Å². The van der Waals surface area contributed by atoms with Crippen molar-refractivity contribution < 1.29 is 5.11 Å². The van der Waals surface area contributed by atoms with Gasteiger partial charge in [0.2, 0.25) is 0 Å². The van der Waals surface area contributed by atoms with Gasteiger partial charge in [-0.1, -0.05) is 19.1 Å². The SMILES string of the molecule is CCC(NCCCc1ncc[nH]1)c1ccc(O)cc1. The topological polar surface area (TPSA) is 60.9 Å². The maximum absolute atomic E-state index is 9.30. The van der Waals surface area contributed by atoms with Gasteiger partial charge in [0.25, 0.3) is 0 Å². The Morgan fingerprint density at radius 3 is 2.74 bits per heavy atom. The first-order chi connectivity index (χ1) is 9.29. The molecule has 0 spiro atoms. The molecular weight excluding hydrogens is 238 g/mol. The first-order valence-electron chi connectivity index (χ1n) is 6.80. The highest BCUT2D eigenvalue weighted by molar-refractivity contribution is 5.27. The number of imidazole rings is 1. The van der Waals surface area contributed by atoms with Crippen molar-refractivity contribution in [3.05, 3.63) is 48.0 Å². The summed E-state index contributed by atoms with van der Waals surface area (Å²) in [6.07, 6.45) is 6.70. The van der Waals surface area contributed by atoms with Crippen LogP contribution in [0.4, 0.5) is 0 Å². The number of H-pyrrole nitrogens is 1. The molecule has 0 bridgehead atoms. The number of aromatic nitrogens is 2. The fourth-order valence-electron chi connectivity index (χ4n) is 2.17. The van der Waals surface area contributed by atoms with E-state index < -0.39 is 0 Å². The fraction of sp³-hybridized carbons (Fsp3) is 0.400. The molecule has 4 heteroatoms. The predicted molar refractivity (Wildman–Crippen MR) is 76.1 cm³/mol. The van der Waals surface area contributed by atoms with Crippen LogP contribution in [0.25, 0.3) is 0 Å². The lowest BCUT2D eigenvalue weighted by Gasteiger charge is -2.17. The molecule has 4 nitrogen and oxygen atoms in total. The van der Waals surface area contributed by atoms with E-state index in [1.54, 1.807) is 18.3 Å². The van der Waals surface area contributed by atoms with Crippen LogP contribution in [-0.2, 0) is 6.42 Å². The number of nitrogens with zero attached hydrogens (tertiary/aromatic N) is 1. The van der Waals surface area contributed by atoms with E-state index in [9.17, 15) is 5.11 Å². The van der Waals surface area contributed by atoms with Crippen molar-refractivity contribution in [2.24, 2.45) is 0 Å². The molecule has 1 aromatic carbocycles. The highest BCUT2D eigenvalue weighted by Gasteiger charge is 2.08. The molecule has 0 saturated carbocycles. The molecule has 19 heavy (non-hydrogen) atoms. The van der Waals surface area contributed by atoms with Gasteiger partial charge in [-0.25, -0.2) is 4.98 Å². The van der Waals surface area contributed by atoms with Crippen LogP contribution in [-0.4, -0.2) is 21.6 Å². The van der Waals surface area contributed by atoms with Crippen molar-refractivity contribution in [1.29, 1.82) is 0 Å². The number of phenolic OH excluding ortho intramolecular Hbond substituents is 1. The lowest BCUT2D eigenvalue weighted by atomic mass is 10.0. The first kappa shape index (κ1) is 13.6. The van der Waals surface area contributed by atoms with E-state index in [1.807, 2.05) is 18.3 Å². The number of phenols is 1. The van der Waals surface area contributed by atoms with E-state index in [0.29, 0.717) is 11.8 Å². The minimum atomic E-state index is 0.316. The number of aromatic hydroxyl groups is 1. The Kier molecular flexibility index (Phi) is 4.98. The second-order valence-electron chi connectivity index (χ2n) is 4.65. The van der Waals surface area contributed by atoms with E-state index in [2.05, 4.69) is 22.2 Å². The third-order valence-electron chi connectivity index (χ3n) is 3.24. The quantitative estimate of drug-likeness (QED) is 0.670. The Bertz CT molecular complexity index is 465. The number of hydrogen-bond donors (Lipinski definition) is 3. The molecule has 0 radical (unpaired) electrons. The predicted octanol–water partition coefficient (Wildman–Crippen LogP) is 2.79. The average Bonchev–Trinajstić information content (AvgIpc) is 2.93. The zero-order chi connectivity index (χ0) is 13.5. The van der Waals surface area contributed by atoms with Crippen LogP contribution in [0.3, 0.4) is 0 Å². The van der Waals surface area contributed by atoms with Gasteiger partial charge in [-0.15, -0.1) is 0 Å². The largest absolute Gasteiger partial charge is 0.508 e. The van der Waals surface area contributed by atoms with Crippen molar-refractivity contribution in [3.63, 3.8) is 0 Å². The Labute approximate surface area is 113 Å². The number of hydrogen-bond acceptors (Lipinski definition) is 3. The minimum Gasteiger partial charge on any atom is -0.508 e. The molecular formula is C15H21N3O. The standard InChI is InChI=1S/C15H21N3O/c1-2-14(12-5-7-13(19)8-6-12)16-9-3-4-15-17-10-11-18-15/h5-8,10-11,14,16,19H,2-4,9H2,1H3,(H,17,18). The summed E-state index contributed by atoms with van der Waals surface area (Å²) in [5.41, 5.74) is 1.22. The summed E-state index contributed by atoms with van der Waals surface area (Å²) in [5.74, 6) is 1.36. The van der Waals surface area contributed by atoms with Crippen LogP contribution in [0.15, 0.2) is 36.7 Å². The van der Waals surface area contributed by atoms with Gasteiger partial charge in [-0.2, -0.15) is 0 Å². The van der Waals surface area contributed by atoms with Crippen LogP contribution in [0, 0.1) is 0 Å². The van der Waals surface area contributed by atoms with Gasteiger partial charge < -0.3 is 15.4 Å². The summed E-state index contributed by atoms with van der Waals surface area (Å²) in [6.45, 7) is 3.12. The Morgan fingerprint density at radius 2 is 2.11 bits per heavy atom. The van der Waals surface area contributed by atoms with E-state index in [0.717, 1.165) is 31.6 Å². The summed E-state index contributed by atoms with van der Waals surface area (Å²) in [5, 5.41) is 12.8. The number of rotatable bonds is 7. The van der Waals surface area contributed by atoms with Gasteiger partial charge in [-0.3, -0.25) is 0 Å². The molecule has 0 aliphatic carbocycles. The molecule has 0 amide bonds. The van der Waals surface area contributed by atoms with E-state index in [-0.39, 0.29) is 0 Å². The van der Waals surface area contributed by atoms with E-state index in [1.165, 1.54) is 5.56 Å². The van der Waals surface area contributed by atoms with Crippen molar-refractivity contribution in [2.75, 3.05) is 6.54 Å². The van der Waals surface area contributed by atoms with Crippen LogP contribution in [0.1, 0.15) is 37.2 Å².